The smallest absolute Gasteiger partial charge is 0.315 e. The largest absolute Gasteiger partial charge is 0.455 e. The number of benzene rings is 1. The van der Waals surface area contributed by atoms with Gasteiger partial charge < -0.3 is 10.1 Å². The number of rotatable bonds is 5. The van der Waals surface area contributed by atoms with E-state index in [-0.39, 0.29) is 17.7 Å². The zero-order chi connectivity index (χ0) is 20.0. The number of nitrogens with one attached hydrogen (secondary N) is 1. The highest BCUT2D eigenvalue weighted by molar-refractivity contribution is 6.53. The van der Waals surface area contributed by atoms with E-state index in [1.165, 1.54) is 4.68 Å². The van der Waals surface area contributed by atoms with Crippen LogP contribution in [0.4, 0.5) is 5.69 Å². The van der Waals surface area contributed by atoms with Crippen molar-refractivity contribution in [3.8, 4) is 5.69 Å². The number of hydrogen-bond donors (Lipinski definition) is 1. The molecular formula is C18H19Cl2N3O4. The van der Waals surface area contributed by atoms with E-state index in [2.05, 4.69) is 5.32 Å². The molecule has 1 saturated carbocycles. The number of halogens is 2. The van der Waals surface area contributed by atoms with Gasteiger partial charge in [0.25, 0.3) is 11.5 Å². The Bertz CT molecular complexity index is 965. The van der Waals surface area contributed by atoms with Crippen LogP contribution < -0.4 is 10.9 Å². The van der Waals surface area contributed by atoms with Crippen LogP contribution in [0.5, 0.6) is 0 Å². The maximum absolute atomic E-state index is 12.7. The molecule has 0 aliphatic heterocycles. The van der Waals surface area contributed by atoms with Crippen LogP contribution in [0.3, 0.4) is 0 Å². The third kappa shape index (κ3) is 3.37. The Morgan fingerprint density at radius 3 is 2.41 bits per heavy atom. The van der Waals surface area contributed by atoms with E-state index < -0.39 is 28.2 Å². The minimum absolute atomic E-state index is 0.129. The number of carbonyl (C=O) groups is 2. The molecule has 1 aliphatic rings. The lowest BCUT2D eigenvalue weighted by atomic mass is 10.1. The van der Waals surface area contributed by atoms with Crippen LogP contribution >= 0.6 is 23.2 Å². The molecule has 1 amide bonds. The fraction of sp³-hybridized carbons (Fsp3) is 0.389. The lowest BCUT2D eigenvalue weighted by molar-refractivity contribution is -0.152. The first-order valence-electron chi connectivity index (χ1n) is 8.27. The van der Waals surface area contributed by atoms with E-state index in [1.807, 2.05) is 18.2 Å². The van der Waals surface area contributed by atoms with Gasteiger partial charge in [0.1, 0.15) is 15.4 Å². The Hall–Kier alpha value is -2.25. The van der Waals surface area contributed by atoms with Crippen LogP contribution in [0.2, 0.25) is 0 Å². The molecule has 0 spiro atoms. The molecule has 0 radical (unpaired) electrons. The molecule has 144 valence electrons. The molecule has 1 fully saturated rings. The summed E-state index contributed by atoms with van der Waals surface area (Å²) in [6.45, 7) is 2.76. The van der Waals surface area contributed by atoms with E-state index in [1.54, 1.807) is 37.7 Å². The molecule has 3 rings (SSSR count). The summed E-state index contributed by atoms with van der Waals surface area (Å²) in [5.41, 5.74) is -0.0286. The summed E-state index contributed by atoms with van der Waals surface area (Å²) >= 11 is 11.9. The van der Waals surface area contributed by atoms with Gasteiger partial charge in [-0.2, -0.15) is 0 Å². The van der Waals surface area contributed by atoms with Crippen LogP contribution in [0.1, 0.15) is 19.0 Å². The fourth-order valence-corrected chi connectivity index (χ4v) is 3.49. The van der Waals surface area contributed by atoms with Crippen LogP contribution in [-0.2, 0) is 21.4 Å². The molecule has 27 heavy (non-hydrogen) atoms. The summed E-state index contributed by atoms with van der Waals surface area (Å²) in [5, 5.41) is 2.52. The van der Waals surface area contributed by atoms with Crippen molar-refractivity contribution in [1.82, 2.24) is 9.36 Å². The second kappa shape index (κ2) is 6.73. The summed E-state index contributed by atoms with van der Waals surface area (Å²) in [7, 11) is 1.72. The van der Waals surface area contributed by atoms with Crippen molar-refractivity contribution in [3.63, 3.8) is 0 Å². The monoisotopic (exact) mass is 411 g/mol. The van der Waals surface area contributed by atoms with E-state index in [4.69, 9.17) is 27.9 Å². The average molecular weight is 412 g/mol. The highest BCUT2D eigenvalue weighted by atomic mass is 35.5. The zero-order valence-corrected chi connectivity index (χ0v) is 16.6. The Morgan fingerprint density at radius 1 is 1.26 bits per heavy atom. The molecule has 0 bridgehead atoms. The first kappa shape index (κ1) is 19.5. The highest BCUT2D eigenvalue weighted by Crippen LogP contribution is 2.64. The number of alkyl halides is 2. The number of amides is 1. The zero-order valence-electron chi connectivity index (χ0n) is 15.1. The van der Waals surface area contributed by atoms with Gasteiger partial charge in [0.05, 0.1) is 11.4 Å². The van der Waals surface area contributed by atoms with Crippen molar-refractivity contribution in [2.45, 2.75) is 24.6 Å². The molecule has 1 aliphatic carbocycles. The molecule has 1 atom stereocenters. The summed E-state index contributed by atoms with van der Waals surface area (Å²) in [6, 6.07) is 9.05. The maximum Gasteiger partial charge on any atom is 0.315 e. The summed E-state index contributed by atoms with van der Waals surface area (Å²) in [4.78, 5) is 36.9. The number of nitrogens with zero attached hydrogens (tertiary/aromatic N) is 2. The first-order valence-corrected chi connectivity index (χ1v) is 9.03. The van der Waals surface area contributed by atoms with Crippen LogP contribution in [0.25, 0.3) is 5.69 Å². The third-order valence-corrected chi connectivity index (χ3v) is 5.96. The molecule has 7 nitrogen and oxygen atoms in total. The third-order valence-electron chi connectivity index (χ3n) is 4.86. The van der Waals surface area contributed by atoms with Crippen molar-refractivity contribution in [1.29, 1.82) is 0 Å². The number of carbonyl (C=O) groups excluding carboxylic acids is 2. The quantitative estimate of drug-likeness (QED) is 0.605. The number of aromatic nitrogens is 2. The van der Waals surface area contributed by atoms with Gasteiger partial charge in [-0.3, -0.25) is 19.1 Å². The fourth-order valence-electron chi connectivity index (χ4n) is 2.80. The normalized spacial score (nSPS) is 20.2. The molecule has 9 heteroatoms. The van der Waals surface area contributed by atoms with E-state index in [9.17, 15) is 14.4 Å². The second-order valence-electron chi connectivity index (χ2n) is 6.77. The summed E-state index contributed by atoms with van der Waals surface area (Å²) in [6.07, 6.45) is 0.267. The predicted molar refractivity (Wildman–Crippen MR) is 102 cm³/mol. The average Bonchev–Trinajstić information content (AvgIpc) is 3.08. The van der Waals surface area contributed by atoms with Crippen molar-refractivity contribution in [2.75, 3.05) is 11.9 Å². The van der Waals surface area contributed by atoms with Crippen LogP contribution in [0.15, 0.2) is 35.1 Å². The molecular weight excluding hydrogens is 393 g/mol. The van der Waals surface area contributed by atoms with E-state index >= 15 is 0 Å². The van der Waals surface area contributed by atoms with Crippen molar-refractivity contribution < 1.29 is 14.3 Å². The maximum atomic E-state index is 12.7. The second-order valence-corrected chi connectivity index (χ2v) is 8.26. The Kier molecular flexibility index (Phi) is 4.86. The van der Waals surface area contributed by atoms with Gasteiger partial charge in [-0.15, -0.1) is 23.2 Å². The molecule has 1 aromatic heterocycles. The number of hydrogen-bond acceptors (Lipinski definition) is 4. The Morgan fingerprint density at radius 2 is 1.85 bits per heavy atom. The standard InChI is InChI=1S/C18H19Cl2N3O4/c1-11-14(15(25)23(22(11)3)12-7-5-4-6-8-12)21-13(24)9-27-16(26)17(2)10-18(17,19)20/h4-8H,9-10H2,1-3H3,(H,21,24)/t17-/m1/s1. The number of esters is 1. The Balaban J connectivity index is 1.72. The molecule has 1 heterocycles. The number of anilines is 1. The van der Waals surface area contributed by atoms with Gasteiger partial charge >= 0.3 is 5.97 Å². The molecule has 1 aromatic carbocycles. The van der Waals surface area contributed by atoms with E-state index in [0.29, 0.717) is 11.4 Å². The van der Waals surface area contributed by atoms with Gasteiger partial charge in [0, 0.05) is 13.5 Å². The number of para-hydroxylation sites is 1. The van der Waals surface area contributed by atoms with Crippen LogP contribution in [-0.4, -0.2) is 32.2 Å². The topological polar surface area (TPSA) is 82.3 Å². The van der Waals surface area contributed by atoms with Gasteiger partial charge in [-0.1, -0.05) is 18.2 Å². The molecule has 0 unspecified atom stereocenters. The first-order chi connectivity index (χ1) is 12.6. The predicted octanol–water partition coefficient (Wildman–Crippen LogP) is 2.55. The minimum atomic E-state index is -1.17. The minimum Gasteiger partial charge on any atom is -0.455 e. The van der Waals surface area contributed by atoms with E-state index in [0.717, 1.165) is 0 Å². The van der Waals surface area contributed by atoms with Crippen molar-refractivity contribution in [2.24, 2.45) is 12.5 Å². The summed E-state index contributed by atoms with van der Waals surface area (Å²) in [5.74, 6) is -1.26. The van der Waals surface area contributed by atoms with Crippen LogP contribution in [0, 0.1) is 12.3 Å². The van der Waals surface area contributed by atoms with Crippen molar-refractivity contribution in [3.05, 3.63) is 46.4 Å². The lowest BCUT2D eigenvalue weighted by Crippen LogP contribution is -2.28. The van der Waals surface area contributed by atoms with Gasteiger partial charge in [0.15, 0.2) is 6.61 Å². The SMILES string of the molecule is Cc1c(NC(=O)COC(=O)[C@@]2(C)CC2(Cl)Cl)c(=O)n(-c2ccccc2)n1C. The summed E-state index contributed by atoms with van der Waals surface area (Å²) < 4.78 is 6.92. The lowest BCUT2D eigenvalue weighted by Gasteiger charge is -2.11. The van der Waals surface area contributed by atoms with Crippen molar-refractivity contribution >= 4 is 40.8 Å². The number of ether oxygens (including phenoxy) is 1. The Labute approximate surface area is 165 Å². The molecule has 1 N–H and O–H groups in total. The van der Waals surface area contributed by atoms with Gasteiger partial charge in [-0.05, 0) is 26.0 Å². The van der Waals surface area contributed by atoms with Gasteiger partial charge in [0.2, 0.25) is 0 Å². The van der Waals surface area contributed by atoms with Gasteiger partial charge in [-0.25, -0.2) is 4.68 Å². The highest BCUT2D eigenvalue weighted by Gasteiger charge is 2.69. The molecule has 0 saturated heterocycles. The molecule has 2 aromatic rings.